The molecule has 2 heterocycles. The molecule has 0 spiro atoms. The van der Waals surface area contributed by atoms with E-state index in [4.69, 9.17) is 27.9 Å². The predicted octanol–water partition coefficient (Wildman–Crippen LogP) is 2.25. The quantitative estimate of drug-likeness (QED) is 0.296. The molecule has 5 atom stereocenters. The molecule has 1 aromatic carbocycles. The molecule has 0 aliphatic carbocycles. The highest BCUT2D eigenvalue weighted by atomic mass is 32.2. The molecule has 2 saturated heterocycles. The number of hydrogen-bond donors (Lipinski definition) is 0. The van der Waals surface area contributed by atoms with Crippen molar-refractivity contribution in [3.05, 3.63) is 35.9 Å². The molecule has 2 aliphatic heterocycles. The normalized spacial score (nSPS) is 28.3. The first-order valence-corrected chi connectivity index (χ1v) is 12.1. The zero-order valence-electron chi connectivity index (χ0n) is 18.2. The van der Waals surface area contributed by atoms with Crippen LogP contribution in [0.15, 0.2) is 30.3 Å². The van der Waals surface area contributed by atoms with E-state index in [2.05, 4.69) is 0 Å². The second kappa shape index (κ2) is 9.93. The smallest absolute Gasteiger partial charge is 0.338 e. The number of ether oxygens (including phenoxy) is 5. The first-order valence-electron chi connectivity index (χ1n) is 10.3. The van der Waals surface area contributed by atoms with Crippen LogP contribution in [0.1, 0.15) is 44.0 Å². The zero-order chi connectivity index (χ0) is 22.6. The van der Waals surface area contributed by atoms with Crippen LogP contribution in [0.3, 0.4) is 0 Å². The van der Waals surface area contributed by atoms with Crippen LogP contribution >= 0.6 is 0 Å². The van der Waals surface area contributed by atoms with Gasteiger partial charge in [-0.15, -0.1) is 0 Å². The summed E-state index contributed by atoms with van der Waals surface area (Å²) in [5.41, 5.74) is 0.342. The van der Waals surface area contributed by atoms with Crippen LogP contribution in [-0.4, -0.2) is 70.3 Å². The third kappa shape index (κ3) is 6.47. The molecule has 3 rings (SSSR count). The van der Waals surface area contributed by atoms with E-state index in [1.165, 1.54) is 0 Å². The summed E-state index contributed by atoms with van der Waals surface area (Å²) in [5, 5.41) is 0. The first-order chi connectivity index (χ1) is 14.6. The van der Waals surface area contributed by atoms with Gasteiger partial charge in [0.1, 0.15) is 31.0 Å². The van der Waals surface area contributed by atoms with Gasteiger partial charge in [-0.05, 0) is 32.4 Å². The molecular formula is C21H30O9S. The monoisotopic (exact) mass is 458 g/mol. The van der Waals surface area contributed by atoms with E-state index >= 15 is 0 Å². The molecule has 9 nitrogen and oxygen atoms in total. The molecule has 0 saturated carbocycles. The maximum Gasteiger partial charge on any atom is 0.338 e. The van der Waals surface area contributed by atoms with Gasteiger partial charge in [0, 0.05) is 6.61 Å². The highest BCUT2D eigenvalue weighted by Crippen LogP contribution is 2.40. The van der Waals surface area contributed by atoms with Gasteiger partial charge in [-0.2, -0.15) is 8.42 Å². The second-order valence-corrected chi connectivity index (χ2v) is 9.66. The van der Waals surface area contributed by atoms with Gasteiger partial charge in [0.05, 0.1) is 11.8 Å². The molecule has 0 aromatic heterocycles. The fourth-order valence-corrected chi connectivity index (χ4v) is 4.19. The molecule has 0 radical (unpaired) electrons. The van der Waals surface area contributed by atoms with E-state index < -0.39 is 52.6 Å². The fourth-order valence-electron chi connectivity index (χ4n) is 3.57. The predicted molar refractivity (Wildman–Crippen MR) is 110 cm³/mol. The van der Waals surface area contributed by atoms with Crippen LogP contribution in [0.4, 0.5) is 0 Å². The number of rotatable bonds is 10. The van der Waals surface area contributed by atoms with Crippen LogP contribution in [0.2, 0.25) is 0 Å². The maximum atomic E-state index is 12.4. The minimum atomic E-state index is -3.88. The van der Waals surface area contributed by atoms with Crippen LogP contribution < -0.4 is 0 Å². The molecule has 1 aromatic rings. The van der Waals surface area contributed by atoms with Gasteiger partial charge in [0.2, 0.25) is 0 Å². The minimum Gasteiger partial charge on any atom is -0.459 e. The first kappa shape index (κ1) is 24.1. The minimum absolute atomic E-state index is 0.342. The molecule has 0 N–H and O–H groups in total. The number of unbranched alkanes of at least 4 members (excludes halogenated alkanes) is 1. The third-order valence-corrected chi connectivity index (χ3v) is 5.48. The Bertz CT molecular complexity index is 840. The van der Waals surface area contributed by atoms with Gasteiger partial charge in [-0.25, -0.2) is 4.79 Å². The highest BCUT2D eigenvalue weighted by Gasteiger charge is 2.58. The lowest BCUT2D eigenvalue weighted by molar-refractivity contribution is -0.229. The largest absolute Gasteiger partial charge is 0.459 e. The Hall–Kier alpha value is -1.56. The Balaban J connectivity index is 1.76. The number of esters is 1. The third-order valence-electron chi connectivity index (χ3n) is 4.89. The lowest BCUT2D eigenvalue weighted by Gasteiger charge is -2.30. The molecule has 2 fully saturated rings. The van der Waals surface area contributed by atoms with Crippen molar-refractivity contribution in [2.24, 2.45) is 0 Å². The number of carbonyl (C=O) groups excluding carboxylic acids is 1. The Labute approximate surface area is 183 Å². The SMILES string of the molecule is CCCCOC1[C@@H](C(COC(=O)c2ccccc2)OS(C)(=O)=O)O[C@@H]2OC(C)(C)O[C@@H]12. The van der Waals surface area contributed by atoms with Crippen molar-refractivity contribution in [3.8, 4) is 0 Å². The van der Waals surface area contributed by atoms with Crippen molar-refractivity contribution < 1.29 is 41.1 Å². The topological polar surface area (TPSA) is 107 Å². The second-order valence-electron chi connectivity index (χ2n) is 8.06. The van der Waals surface area contributed by atoms with E-state index in [1.807, 2.05) is 6.92 Å². The van der Waals surface area contributed by atoms with Crippen LogP contribution in [0.25, 0.3) is 0 Å². The molecular weight excluding hydrogens is 428 g/mol. The molecule has 0 bridgehead atoms. The molecule has 2 aliphatic rings. The van der Waals surface area contributed by atoms with Crippen LogP contribution in [0.5, 0.6) is 0 Å². The lowest BCUT2D eigenvalue weighted by atomic mass is 10.1. The summed E-state index contributed by atoms with van der Waals surface area (Å²) in [6.07, 6.45) is -1.30. The summed E-state index contributed by atoms with van der Waals surface area (Å²) in [4.78, 5) is 12.4. The van der Waals surface area contributed by atoms with E-state index in [9.17, 15) is 13.2 Å². The Morgan fingerprint density at radius 2 is 1.90 bits per heavy atom. The van der Waals surface area contributed by atoms with E-state index in [0.717, 1.165) is 19.1 Å². The van der Waals surface area contributed by atoms with Crippen molar-refractivity contribution in [1.82, 2.24) is 0 Å². The van der Waals surface area contributed by atoms with E-state index in [0.29, 0.717) is 12.2 Å². The average molecular weight is 459 g/mol. The molecule has 2 unspecified atom stereocenters. The molecule has 10 heteroatoms. The summed E-state index contributed by atoms with van der Waals surface area (Å²) < 4.78 is 58.1. The van der Waals surface area contributed by atoms with Gasteiger partial charge in [-0.3, -0.25) is 4.18 Å². The van der Waals surface area contributed by atoms with Crippen molar-refractivity contribution in [1.29, 1.82) is 0 Å². The van der Waals surface area contributed by atoms with Gasteiger partial charge in [0.15, 0.2) is 12.1 Å². The standard InChI is InChI=1S/C21H30O9S/c1-5-6-12-25-17-16(27-20-18(17)28-21(2,3)29-20)15(30-31(4,23)24)13-26-19(22)14-10-8-7-9-11-14/h7-11,15-18,20H,5-6,12-13H2,1-4H3/t15?,16-,17?,18+,20-/m1/s1. The molecule has 174 valence electrons. The number of carbonyl (C=O) groups is 1. The van der Waals surface area contributed by atoms with Gasteiger partial charge in [-0.1, -0.05) is 31.5 Å². The van der Waals surface area contributed by atoms with E-state index in [-0.39, 0.29) is 6.61 Å². The summed E-state index contributed by atoms with van der Waals surface area (Å²) >= 11 is 0. The maximum absolute atomic E-state index is 12.4. The van der Waals surface area contributed by atoms with Crippen molar-refractivity contribution in [2.45, 2.75) is 70.1 Å². The Kier molecular flexibility index (Phi) is 7.72. The Morgan fingerprint density at radius 1 is 1.19 bits per heavy atom. The lowest BCUT2D eigenvalue weighted by Crippen LogP contribution is -2.46. The number of benzene rings is 1. The van der Waals surface area contributed by atoms with E-state index in [1.54, 1.807) is 44.2 Å². The summed E-state index contributed by atoms with van der Waals surface area (Å²) in [6, 6.07) is 8.39. The molecule has 31 heavy (non-hydrogen) atoms. The van der Waals surface area contributed by atoms with Gasteiger partial charge in [0.25, 0.3) is 10.1 Å². The van der Waals surface area contributed by atoms with Crippen molar-refractivity contribution >= 4 is 16.1 Å². The number of hydrogen-bond acceptors (Lipinski definition) is 9. The van der Waals surface area contributed by atoms with Crippen molar-refractivity contribution in [3.63, 3.8) is 0 Å². The van der Waals surface area contributed by atoms with Gasteiger partial charge < -0.3 is 23.7 Å². The number of fused-ring (bicyclic) bond motifs is 1. The highest BCUT2D eigenvalue weighted by molar-refractivity contribution is 7.86. The van der Waals surface area contributed by atoms with Crippen LogP contribution in [-0.2, 0) is 38.0 Å². The van der Waals surface area contributed by atoms with Gasteiger partial charge >= 0.3 is 5.97 Å². The average Bonchev–Trinajstić information content (AvgIpc) is 3.17. The molecule has 0 amide bonds. The van der Waals surface area contributed by atoms with Crippen LogP contribution in [0, 0.1) is 0 Å². The Morgan fingerprint density at radius 3 is 2.55 bits per heavy atom. The summed E-state index contributed by atoms with van der Waals surface area (Å²) in [5.74, 6) is -1.46. The zero-order valence-corrected chi connectivity index (χ0v) is 19.0. The fraction of sp³-hybridized carbons (Fsp3) is 0.667. The summed E-state index contributed by atoms with van der Waals surface area (Å²) in [6.45, 7) is 5.65. The summed E-state index contributed by atoms with van der Waals surface area (Å²) in [7, 11) is -3.88. The van der Waals surface area contributed by atoms with Crippen molar-refractivity contribution in [2.75, 3.05) is 19.5 Å².